The van der Waals surface area contributed by atoms with Crippen molar-refractivity contribution in [2.45, 2.75) is 25.8 Å². The number of hydrogen-bond donors (Lipinski definition) is 1. The maximum Gasteiger partial charge on any atom is 0.327 e. The van der Waals surface area contributed by atoms with Gasteiger partial charge < -0.3 is 10.1 Å². The average molecular weight is 225 g/mol. The molecule has 1 N–H and O–H groups in total. The number of hydrogen-bond acceptors (Lipinski definition) is 4. The summed E-state index contributed by atoms with van der Waals surface area (Å²) in [5.74, 6) is -0.142. The summed E-state index contributed by atoms with van der Waals surface area (Å²) in [6, 6.07) is 1.77. The number of fused-ring (bicyclic) bond motifs is 1. The molecule has 0 fully saturated rings. The van der Waals surface area contributed by atoms with E-state index in [2.05, 4.69) is 5.32 Å². The molecule has 0 radical (unpaired) electrons. The van der Waals surface area contributed by atoms with Crippen LogP contribution in [0.3, 0.4) is 0 Å². The second kappa shape index (κ2) is 4.77. The lowest BCUT2D eigenvalue weighted by atomic mass is 10.0. The Morgan fingerprint density at radius 1 is 1.73 bits per heavy atom. The monoisotopic (exact) mass is 225 g/mol. The van der Waals surface area contributed by atoms with E-state index in [0.717, 1.165) is 24.9 Å². The molecule has 0 aliphatic carbocycles. The van der Waals surface area contributed by atoms with Gasteiger partial charge in [-0.25, -0.2) is 4.79 Å². The van der Waals surface area contributed by atoms with Gasteiger partial charge in [-0.1, -0.05) is 6.92 Å². The van der Waals surface area contributed by atoms with Gasteiger partial charge in [-0.05, 0) is 29.9 Å². The number of carbonyl (C=O) groups excluding carboxylic acids is 1. The number of ether oxygens (including phenoxy) is 1. The molecule has 0 spiro atoms. The van der Waals surface area contributed by atoms with Gasteiger partial charge in [-0.2, -0.15) is 0 Å². The van der Waals surface area contributed by atoms with Gasteiger partial charge in [0.15, 0.2) is 0 Å². The molecule has 0 amide bonds. The Bertz CT molecular complexity index is 348. The highest BCUT2D eigenvalue weighted by atomic mass is 32.1. The number of thiophene rings is 1. The lowest BCUT2D eigenvalue weighted by Crippen LogP contribution is -2.35. The fourth-order valence-corrected chi connectivity index (χ4v) is 2.67. The lowest BCUT2D eigenvalue weighted by molar-refractivity contribution is -0.146. The molecule has 4 heteroatoms. The Balaban J connectivity index is 2.08. The molecule has 2 rings (SSSR count). The molecule has 1 atom stereocenters. The fourth-order valence-electron chi connectivity index (χ4n) is 1.75. The Morgan fingerprint density at radius 2 is 2.60 bits per heavy atom. The minimum atomic E-state index is -0.244. The predicted octanol–water partition coefficient (Wildman–Crippen LogP) is 1.89. The first-order valence-electron chi connectivity index (χ1n) is 5.29. The Hall–Kier alpha value is -0.870. The van der Waals surface area contributed by atoms with Crippen molar-refractivity contribution in [1.29, 1.82) is 0 Å². The standard InChI is InChI=1S/C11H15NO2S/c1-2-6-14-11(13)10-8-4-7-15-9(8)3-5-12-10/h4,7,10,12H,2-3,5-6H2,1H3. The van der Waals surface area contributed by atoms with E-state index in [9.17, 15) is 4.79 Å². The van der Waals surface area contributed by atoms with E-state index >= 15 is 0 Å². The van der Waals surface area contributed by atoms with Crippen molar-refractivity contribution in [3.05, 3.63) is 21.9 Å². The van der Waals surface area contributed by atoms with E-state index in [1.165, 1.54) is 4.88 Å². The van der Waals surface area contributed by atoms with E-state index in [1.807, 2.05) is 18.4 Å². The molecule has 1 aromatic heterocycles. The van der Waals surface area contributed by atoms with Gasteiger partial charge in [-0.15, -0.1) is 11.3 Å². The van der Waals surface area contributed by atoms with Crippen LogP contribution in [0, 0.1) is 0 Å². The second-order valence-electron chi connectivity index (χ2n) is 3.60. The predicted molar refractivity (Wildman–Crippen MR) is 60.0 cm³/mol. The highest BCUT2D eigenvalue weighted by Crippen LogP contribution is 2.28. The largest absolute Gasteiger partial charge is 0.464 e. The molecule has 15 heavy (non-hydrogen) atoms. The zero-order valence-corrected chi connectivity index (χ0v) is 9.60. The van der Waals surface area contributed by atoms with Crippen molar-refractivity contribution in [3.8, 4) is 0 Å². The summed E-state index contributed by atoms with van der Waals surface area (Å²) in [4.78, 5) is 13.0. The van der Waals surface area contributed by atoms with E-state index in [1.54, 1.807) is 11.3 Å². The van der Waals surface area contributed by atoms with E-state index < -0.39 is 0 Å². The van der Waals surface area contributed by atoms with Crippen LogP contribution in [0.2, 0.25) is 0 Å². The van der Waals surface area contributed by atoms with Gasteiger partial charge in [0.05, 0.1) is 6.61 Å². The summed E-state index contributed by atoms with van der Waals surface area (Å²) in [7, 11) is 0. The molecule has 0 aromatic carbocycles. The van der Waals surface area contributed by atoms with Crippen molar-refractivity contribution in [3.63, 3.8) is 0 Å². The molecule has 1 aliphatic rings. The van der Waals surface area contributed by atoms with Crippen molar-refractivity contribution in [2.75, 3.05) is 13.2 Å². The van der Waals surface area contributed by atoms with Gasteiger partial charge in [0, 0.05) is 11.4 Å². The van der Waals surface area contributed by atoms with Gasteiger partial charge in [0.1, 0.15) is 6.04 Å². The summed E-state index contributed by atoms with van der Waals surface area (Å²) in [6.45, 7) is 3.37. The van der Waals surface area contributed by atoms with E-state index in [4.69, 9.17) is 4.74 Å². The third-order valence-corrected chi connectivity index (χ3v) is 3.47. The van der Waals surface area contributed by atoms with Gasteiger partial charge in [0.25, 0.3) is 0 Å². The number of nitrogens with one attached hydrogen (secondary N) is 1. The minimum Gasteiger partial charge on any atom is -0.464 e. The number of carbonyl (C=O) groups is 1. The highest BCUT2D eigenvalue weighted by Gasteiger charge is 2.27. The SMILES string of the molecule is CCCOC(=O)C1NCCc2sccc21. The molecule has 1 unspecified atom stereocenters. The third-order valence-electron chi connectivity index (χ3n) is 2.48. The smallest absolute Gasteiger partial charge is 0.327 e. The summed E-state index contributed by atoms with van der Waals surface area (Å²) in [6.07, 6.45) is 1.89. The van der Waals surface area contributed by atoms with Crippen LogP contribution in [0.4, 0.5) is 0 Å². The summed E-state index contributed by atoms with van der Waals surface area (Å²) in [5, 5.41) is 5.24. The Kier molecular flexibility index (Phi) is 3.38. The minimum absolute atomic E-state index is 0.142. The average Bonchev–Trinajstić information content (AvgIpc) is 2.73. The highest BCUT2D eigenvalue weighted by molar-refractivity contribution is 7.10. The van der Waals surface area contributed by atoms with Crippen LogP contribution in [0.5, 0.6) is 0 Å². The molecule has 3 nitrogen and oxygen atoms in total. The first-order chi connectivity index (χ1) is 7.33. The molecule has 1 aliphatic heterocycles. The van der Waals surface area contributed by atoms with Crippen LogP contribution in [0.25, 0.3) is 0 Å². The second-order valence-corrected chi connectivity index (χ2v) is 4.60. The molecule has 82 valence electrons. The number of rotatable bonds is 3. The van der Waals surface area contributed by atoms with Crippen molar-refractivity contribution in [2.24, 2.45) is 0 Å². The van der Waals surface area contributed by atoms with Crippen LogP contribution in [-0.4, -0.2) is 19.1 Å². The molecule has 2 heterocycles. The van der Waals surface area contributed by atoms with Crippen LogP contribution < -0.4 is 5.32 Å². The molecule has 0 saturated carbocycles. The maximum absolute atomic E-state index is 11.7. The van der Waals surface area contributed by atoms with Crippen LogP contribution in [0.15, 0.2) is 11.4 Å². The summed E-state index contributed by atoms with van der Waals surface area (Å²) in [5.41, 5.74) is 1.10. The van der Waals surface area contributed by atoms with Gasteiger partial charge in [0.2, 0.25) is 0 Å². The first-order valence-corrected chi connectivity index (χ1v) is 6.17. The van der Waals surface area contributed by atoms with Crippen molar-refractivity contribution in [1.82, 2.24) is 5.32 Å². The van der Waals surface area contributed by atoms with Crippen molar-refractivity contribution < 1.29 is 9.53 Å². The molecule has 1 aromatic rings. The van der Waals surface area contributed by atoms with Gasteiger partial charge >= 0.3 is 5.97 Å². The summed E-state index contributed by atoms with van der Waals surface area (Å²) < 4.78 is 5.16. The zero-order chi connectivity index (χ0) is 10.7. The zero-order valence-electron chi connectivity index (χ0n) is 8.79. The molecular formula is C11H15NO2S. The maximum atomic E-state index is 11.7. The Morgan fingerprint density at radius 3 is 3.40 bits per heavy atom. The van der Waals surface area contributed by atoms with E-state index in [-0.39, 0.29) is 12.0 Å². The van der Waals surface area contributed by atoms with E-state index in [0.29, 0.717) is 6.61 Å². The molecular weight excluding hydrogens is 210 g/mol. The summed E-state index contributed by atoms with van der Waals surface area (Å²) >= 11 is 1.72. The molecule has 0 bridgehead atoms. The van der Waals surface area contributed by atoms with Crippen molar-refractivity contribution >= 4 is 17.3 Å². The lowest BCUT2D eigenvalue weighted by Gasteiger charge is -2.22. The topological polar surface area (TPSA) is 38.3 Å². The Labute approximate surface area is 93.4 Å². The third kappa shape index (κ3) is 2.21. The fraction of sp³-hybridized carbons (Fsp3) is 0.545. The molecule has 0 saturated heterocycles. The normalized spacial score (nSPS) is 19.7. The van der Waals surface area contributed by atoms with Gasteiger partial charge in [-0.3, -0.25) is 0 Å². The van der Waals surface area contributed by atoms with Crippen LogP contribution >= 0.6 is 11.3 Å². The number of esters is 1. The first kappa shape index (κ1) is 10.6. The van der Waals surface area contributed by atoms with Crippen LogP contribution in [0.1, 0.15) is 29.8 Å². The quantitative estimate of drug-likeness (QED) is 0.798. The van der Waals surface area contributed by atoms with Crippen LogP contribution in [-0.2, 0) is 16.0 Å².